The Balaban J connectivity index is 1.91. The Kier molecular flexibility index (Phi) is 4.50. The molecular weight excluding hydrogens is 350 g/mol. The van der Waals surface area contributed by atoms with Crippen LogP contribution >= 0.6 is 22.9 Å². The van der Waals surface area contributed by atoms with Gasteiger partial charge in [-0.05, 0) is 62.1 Å². The SMILES string of the molecule is Cc1c(Cl)ccc2c(CCCCN)c(-c3nc4ccccc4s3)[nH]c12. The quantitative estimate of drug-likeness (QED) is 0.444. The third kappa shape index (κ3) is 2.95. The number of hydrogen-bond acceptors (Lipinski definition) is 3. The van der Waals surface area contributed by atoms with Crippen LogP contribution < -0.4 is 5.73 Å². The van der Waals surface area contributed by atoms with E-state index in [1.807, 2.05) is 12.1 Å². The maximum absolute atomic E-state index is 6.34. The van der Waals surface area contributed by atoms with Crippen LogP contribution in [0, 0.1) is 6.92 Å². The van der Waals surface area contributed by atoms with Gasteiger partial charge in [-0.3, -0.25) is 0 Å². The molecule has 2 aromatic carbocycles. The zero-order valence-electron chi connectivity index (χ0n) is 14.1. The Labute approximate surface area is 155 Å². The minimum atomic E-state index is 0.726. The molecule has 0 fully saturated rings. The molecule has 25 heavy (non-hydrogen) atoms. The number of halogens is 1. The summed E-state index contributed by atoms with van der Waals surface area (Å²) in [5.41, 5.74) is 11.4. The Bertz CT molecular complexity index is 1010. The number of nitrogens with zero attached hydrogens (tertiary/aromatic N) is 1. The van der Waals surface area contributed by atoms with E-state index in [-0.39, 0.29) is 0 Å². The largest absolute Gasteiger partial charge is 0.352 e. The number of rotatable bonds is 5. The molecule has 0 aliphatic heterocycles. The van der Waals surface area contributed by atoms with Crippen LogP contribution in [0.25, 0.3) is 31.8 Å². The summed E-state index contributed by atoms with van der Waals surface area (Å²) in [5.74, 6) is 0. The van der Waals surface area contributed by atoms with Crippen LogP contribution in [0.1, 0.15) is 24.0 Å². The van der Waals surface area contributed by atoms with E-state index in [0.29, 0.717) is 0 Å². The van der Waals surface area contributed by atoms with Gasteiger partial charge in [0, 0.05) is 10.4 Å². The molecule has 0 aliphatic rings. The Morgan fingerprint density at radius 1 is 1.16 bits per heavy atom. The van der Waals surface area contributed by atoms with Gasteiger partial charge in [0.2, 0.25) is 0 Å². The molecule has 0 bridgehead atoms. The number of fused-ring (bicyclic) bond motifs is 2. The fourth-order valence-corrected chi connectivity index (χ4v) is 4.45. The average molecular weight is 370 g/mol. The van der Waals surface area contributed by atoms with Crippen LogP contribution in [0.3, 0.4) is 0 Å². The van der Waals surface area contributed by atoms with E-state index in [1.54, 1.807) is 11.3 Å². The summed E-state index contributed by atoms with van der Waals surface area (Å²) in [6.45, 7) is 2.79. The number of aromatic amines is 1. The van der Waals surface area contributed by atoms with Gasteiger partial charge in [0.05, 0.1) is 21.4 Å². The number of aryl methyl sites for hydroxylation is 2. The molecule has 128 valence electrons. The predicted octanol–water partition coefficient (Wildman–Crippen LogP) is 5.69. The van der Waals surface area contributed by atoms with E-state index in [4.69, 9.17) is 22.3 Å². The summed E-state index contributed by atoms with van der Waals surface area (Å²) >= 11 is 8.07. The first-order valence-corrected chi connectivity index (χ1v) is 9.74. The second kappa shape index (κ2) is 6.79. The number of para-hydroxylation sites is 1. The van der Waals surface area contributed by atoms with Crippen LogP contribution in [0.15, 0.2) is 36.4 Å². The van der Waals surface area contributed by atoms with E-state index in [9.17, 15) is 0 Å². The van der Waals surface area contributed by atoms with Gasteiger partial charge < -0.3 is 10.7 Å². The highest BCUT2D eigenvalue weighted by Gasteiger charge is 2.18. The number of benzene rings is 2. The number of aromatic nitrogens is 2. The summed E-state index contributed by atoms with van der Waals surface area (Å²) in [7, 11) is 0. The first-order chi connectivity index (χ1) is 12.2. The topological polar surface area (TPSA) is 54.7 Å². The highest BCUT2D eigenvalue weighted by Crippen LogP contribution is 2.38. The Morgan fingerprint density at radius 3 is 2.80 bits per heavy atom. The van der Waals surface area contributed by atoms with Gasteiger partial charge >= 0.3 is 0 Å². The van der Waals surface area contributed by atoms with Crippen molar-refractivity contribution in [1.82, 2.24) is 9.97 Å². The van der Waals surface area contributed by atoms with Crippen molar-refractivity contribution in [2.24, 2.45) is 5.73 Å². The molecule has 0 atom stereocenters. The van der Waals surface area contributed by atoms with Gasteiger partial charge in [-0.1, -0.05) is 29.8 Å². The number of nitrogens with one attached hydrogen (secondary N) is 1. The second-order valence-electron chi connectivity index (χ2n) is 6.31. The van der Waals surface area contributed by atoms with Crippen LogP contribution in [-0.4, -0.2) is 16.5 Å². The van der Waals surface area contributed by atoms with Crippen LogP contribution in [0.2, 0.25) is 5.02 Å². The van der Waals surface area contributed by atoms with Crippen molar-refractivity contribution in [2.45, 2.75) is 26.2 Å². The monoisotopic (exact) mass is 369 g/mol. The van der Waals surface area contributed by atoms with Gasteiger partial charge in [-0.25, -0.2) is 4.98 Å². The lowest BCUT2D eigenvalue weighted by Gasteiger charge is -2.03. The molecule has 5 heteroatoms. The third-order valence-corrected chi connectivity index (χ3v) is 6.13. The predicted molar refractivity (Wildman–Crippen MR) is 109 cm³/mol. The molecule has 2 heterocycles. The van der Waals surface area contributed by atoms with E-state index < -0.39 is 0 Å². The van der Waals surface area contributed by atoms with Gasteiger partial charge in [-0.15, -0.1) is 11.3 Å². The van der Waals surface area contributed by atoms with Gasteiger partial charge in [-0.2, -0.15) is 0 Å². The smallest absolute Gasteiger partial charge is 0.141 e. The maximum atomic E-state index is 6.34. The van der Waals surface area contributed by atoms with Crippen molar-refractivity contribution < 1.29 is 0 Å². The highest BCUT2D eigenvalue weighted by molar-refractivity contribution is 7.21. The summed E-state index contributed by atoms with van der Waals surface area (Å²) in [5, 5.41) is 3.07. The van der Waals surface area contributed by atoms with E-state index in [1.165, 1.54) is 15.6 Å². The number of H-pyrrole nitrogens is 1. The zero-order valence-corrected chi connectivity index (χ0v) is 15.7. The lowest BCUT2D eigenvalue weighted by Crippen LogP contribution is -1.99. The van der Waals surface area contributed by atoms with Crippen molar-refractivity contribution in [3.05, 3.63) is 52.5 Å². The van der Waals surface area contributed by atoms with Gasteiger partial charge in [0.25, 0.3) is 0 Å². The third-order valence-electron chi connectivity index (χ3n) is 4.66. The Morgan fingerprint density at radius 2 is 2.00 bits per heavy atom. The molecule has 0 spiro atoms. The average Bonchev–Trinajstić information content (AvgIpc) is 3.20. The van der Waals surface area contributed by atoms with Crippen LogP contribution in [0.5, 0.6) is 0 Å². The number of nitrogens with two attached hydrogens (primary N) is 1. The van der Waals surface area contributed by atoms with E-state index >= 15 is 0 Å². The first kappa shape index (κ1) is 16.6. The summed E-state index contributed by atoms with van der Waals surface area (Å²) < 4.78 is 1.21. The molecule has 0 unspecified atom stereocenters. The van der Waals surface area contributed by atoms with Gasteiger partial charge in [0.1, 0.15) is 5.01 Å². The highest BCUT2D eigenvalue weighted by atomic mass is 35.5. The Hall–Kier alpha value is -1.88. The maximum Gasteiger partial charge on any atom is 0.141 e. The minimum Gasteiger partial charge on any atom is -0.352 e. The molecule has 0 amide bonds. The molecular formula is C20H20ClN3S. The van der Waals surface area contributed by atoms with Crippen LogP contribution in [-0.2, 0) is 6.42 Å². The summed E-state index contributed by atoms with van der Waals surface area (Å²) in [6, 6.07) is 12.4. The lowest BCUT2D eigenvalue weighted by atomic mass is 10.0. The molecule has 0 radical (unpaired) electrons. The van der Waals surface area contributed by atoms with Crippen LogP contribution in [0.4, 0.5) is 0 Å². The fraction of sp³-hybridized carbons (Fsp3) is 0.250. The number of thiazole rings is 1. The summed E-state index contributed by atoms with van der Waals surface area (Å²) in [6.07, 6.45) is 3.09. The lowest BCUT2D eigenvalue weighted by molar-refractivity contribution is 0.748. The molecule has 0 saturated heterocycles. The van der Waals surface area contributed by atoms with E-state index in [2.05, 4.69) is 36.2 Å². The molecule has 3 N–H and O–H groups in total. The normalized spacial score (nSPS) is 11.6. The van der Waals surface area contributed by atoms with Crippen molar-refractivity contribution >= 4 is 44.1 Å². The van der Waals surface area contributed by atoms with Crippen molar-refractivity contribution in [3.8, 4) is 10.7 Å². The van der Waals surface area contributed by atoms with Crippen molar-refractivity contribution in [2.75, 3.05) is 6.54 Å². The number of unbranched alkanes of at least 4 members (excludes halogenated alkanes) is 1. The zero-order chi connectivity index (χ0) is 17.4. The molecule has 0 saturated carbocycles. The molecule has 0 aliphatic carbocycles. The molecule has 4 rings (SSSR count). The van der Waals surface area contributed by atoms with Crippen molar-refractivity contribution in [1.29, 1.82) is 0 Å². The minimum absolute atomic E-state index is 0.726. The van der Waals surface area contributed by atoms with Crippen molar-refractivity contribution in [3.63, 3.8) is 0 Å². The first-order valence-electron chi connectivity index (χ1n) is 8.54. The fourth-order valence-electron chi connectivity index (χ4n) is 3.30. The van der Waals surface area contributed by atoms with E-state index in [0.717, 1.165) is 58.1 Å². The molecule has 3 nitrogen and oxygen atoms in total. The van der Waals surface area contributed by atoms with Gasteiger partial charge in [0.15, 0.2) is 0 Å². The number of hydrogen-bond donors (Lipinski definition) is 2. The summed E-state index contributed by atoms with van der Waals surface area (Å²) in [4.78, 5) is 8.46. The second-order valence-corrected chi connectivity index (χ2v) is 7.74. The molecule has 2 aromatic heterocycles. The molecule has 4 aromatic rings. The standard InChI is InChI=1S/C20H20ClN3S/c1-12-15(21)10-9-14-13(6-4-5-11-22)19(24-18(12)14)20-23-16-7-2-3-8-17(16)25-20/h2-3,7-10,24H,4-6,11,22H2,1H3.